The highest BCUT2D eigenvalue weighted by Crippen LogP contribution is 2.17. The van der Waals surface area contributed by atoms with Crippen LogP contribution in [0.3, 0.4) is 0 Å². The van der Waals surface area contributed by atoms with Gasteiger partial charge in [-0.1, -0.05) is 0 Å². The van der Waals surface area contributed by atoms with E-state index in [-0.39, 0.29) is 21.6 Å². The van der Waals surface area contributed by atoms with E-state index < -0.39 is 0 Å². The highest BCUT2D eigenvalue weighted by molar-refractivity contribution is 6.79. The zero-order chi connectivity index (χ0) is 13.7. The lowest BCUT2D eigenvalue weighted by molar-refractivity contribution is 0.195. The number of hydrogen-bond acceptors (Lipinski definition) is 6. The van der Waals surface area contributed by atoms with Crippen molar-refractivity contribution in [2.45, 2.75) is 20.8 Å². The molecule has 1 rings (SSSR count). The molecule has 0 aromatic carbocycles. The molecular formula is C9H24B3N3O3. The van der Waals surface area contributed by atoms with Gasteiger partial charge in [0.15, 0.2) is 0 Å². The first kappa shape index (κ1) is 16.0. The Labute approximate surface area is 112 Å². The monoisotopic (exact) mass is 255 g/mol. The van der Waals surface area contributed by atoms with Crippen molar-refractivity contribution in [1.29, 1.82) is 0 Å². The molecule has 0 N–H and O–H groups in total. The van der Waals surface area contributed by atoms with Gasteiger partial charge in [0.05, 0.1) is 0 Å². The van der Waals surface area contributed by atoms with Crippen molar-refractivity contribution in [3.63, 3.8) is 0 Å². The molecule has 0 bridgehead atoms. The van der Waals surface area contributed by atoms with Crippen LogP contribution in [0.4, 0.5) is 0 Å². The molecule has 1 aliphatic rings. The summed E-state index contributed by atoms with van der Waals surface area (Å²) in [6, 6.07) is 0. The predicted octanol–water partition coefficient (Wildman–Crippen LogP) is -0.140. The van der Waals surface area contributed by atoms with E-state index in [1.54, 1.807) is 0 Å². The third-order valence-corrected chi connectivity index (χ3v) is 3.04. The minimum Gasteiger partial charge on any atom is -0.409 e. The van der Waals surface area contributed by atoms with Crippen LogP contribution in [0.2, 0.25) is 0 Å². The van der Waals surface area contributed by atoms with Crippen LogP contribution in [0.25, 0.3) is 0 Å². The largest absolute Gasteiger partial charge is 0.461 e. The topological polar surface area (TPSA) is 37.4 Å². The van der Waals surface area contributed by atoms with Gasteiger partial charge in [-0.05, 0) is 41.9 Å². The van der Waals surface area contributed by atoms with Crippen LogP contribution < -0.4 is 0 Å². The van der Waals surface area contributed by atoms with Crippen LogP contribution in [-0.2, 0) is 14.0 Å². The SMILES string of the molecule is CCOB1N(C)B(OCC)N(C)B(OCC)N1C. The molecule has 6 nitrogen and oxygen atoms in total. The fraction of sp³-hybridized carbons (Fsp3) is 1.00. The minimum atomic E-state index is -0.140. The smallest absolute Gasteiger partial charge is 0.409 e. The van der Waals surface area contributed by atoms with Gasteiger partial charge in [-0.3, -0.25) is 0 Å². The molecule has 18 heavy (non-hydrogen) atoms. The van der Waals surface area contributed by atoms with Gasteiger partial charge in [-0.2, -0.15) is 0 Å². The molecule has 1 heterocycles. The molecule has 0 spiro atoms. The third kappa shape index (κ3) is 3.29. The van der Waals surface area contributed by atoms with Crippen LogP contribution in [-0.4, -0.2) is 76.7 Å². The fourth-order valence-electron chi connectivity index (χ4n) is 2.34. The summed E-state index contributed by atoms with van der Waals surface area (Å²) in [4.78, 5) is 0. The summed E-state index contributed by atoms with van der Waals surface area (Å²) >= 11 is 0. The van der Waals surface area contributed by atoms with Crippen LogP contribution in [0, 0.1) is 0 Å². The van der Waals surface area contributed by atoms with E-state index in [0.29, 0.717) is 19.8 Å². The van der Waals surface area contributed by atoms with Gasteiger partial charge in [0, 0.05) is 19.8 Å². The molecule has 9 heteroatoms. The molecule has 1 saturated heterocycles. The van der Waals surface area contributed by atoms with E-state index in [9.17, 15) is 0 Å². The Balaban J connectivity index is 2.86. The lowest BCUT2D eigenvalue weighted by atomic mass is 9.63. The van der Waals surface area contributed by atoms with Crippen molar-refractivity contribution in [3.8, 4) is 0 Å². The summed E-state index contributed by atoms with van der Waals surface area (Å²) in [5, 5.41) is 0. The summed E-state index contributed by atoms with van der Waals surface area (Å²) in [6.07, 6.45) is 0. The Kier molecular flexibility index (Phi) is 6.69. The molecule has 0 aromatic rings. The Morgan fingerprint density at radius 2 is 0.833 bits per heavy atom. The van der Waals surface area contributed by atoms with E-state index in [0.717, 1.165) is 0 Å². The molecule has 1 fully saturated rings. The first-order chi connectivity index (χ1) is 8.58. The standard InChI is InChI=1S/C9H24B3N3O3/c1-7-16-10-13(4)11(17-8-2)15(6)12(14(10)5)18-9-3/h7-9H2,1-6H3. The quantitative estimate of drug-likeness (QED) is 0.615. The molecule has 0 radical (unpaired) electrons. The average molecular weight is 255 g/mol. The summed E-state index contributed by atoms with van der Waals surface area (Å²) in [5.74, 6) is 0. The Bertz CT molecular complexity index is 202. The molecule has 102 valence electrons. The number of nitrogens with zero attached hydrogens (tertiary/aromatic N) is 3. The zero-order valence-electron chi connectivity index (χ0n) is 12.4. The third-order valence-electron chi connectivity index (χ3n) is 3.04. The molecule has 1 aliphatic heterocycles. The Morgan fingerprint density at radius 1 is 0.611 bits per heavy atom. The molecular weight excluding hydrogens is 231 g/mol. The maximum absolute atomic E-state index is 5.77. The van der Waals surface area contributed by atoms with Crippen LogP contribution in [0.1, 0.15) is 20.8 Å². The van der Waals surface area contributed by atoms with E-state index >= 15 is 0 Å². The highest BCUT2D eigenvalue weighted by atomic mass is 16.5. The van der Waals surface area contributed by atoms with Gasteiger partial charge < -0.3 is 28.1 Å². The average Bonchev–Trinajstić information content (AvgIpc) is 2.35. The Hall–Kier alpha value is -0.0452. The van der Waals surface area contributed by atoms with Crippen LogP contribution in [0.15, 0.2) is 0 Å². The van der Waals surface area contributed by atoms with Crippen molar-refractivity contribution < 1.29 is 14.0 Å². The zero-order valence-corrected chi connectivity index (χ0v) is 12.4. The maximum atomic E-state index is 5.77. The van der Waals surface area contributed by atoms with Crippen molar-refractivity contribution in [2.75, 3.05) is 41.0 Å². The Morgan fingerprint density at radius 3 is 1.00 bits per heavy atom. The van der Waals surface area contributed by atoms with Crippen molar-refractivity contribution in [2.24, 2.45) is 0 Å². The lowest BCUT2D eigenvalue weighted by Gasteiger charge is -2.46. The molecule has 0 atom stereocenters. The molecule has 0 aromatic heterocycles. The van der Waals surface area contributed by atoms with E-state index in [1.807, 2.05) is 41.9 Å². The second-order valence-corrected chi connectivity index (χ2v) is 4.34. The number of hydrogen-bond donors (Lipinski definition) is 0. The van der Waals surface area contributed by atoms with E-state index in [1.165, 1.54) is 0 Å². The second kappa shape index (κ2) is 7.52. The molecule has 0 saturated carbocycles. The van der Waals surface area contributed by atoms with Crippen LogP contribution >= 0.6 is 0 Å². The highest BCUT2D eigenvalue weighted by Gasteiger charge is 2.52. The maximum Gasteiger partial charge on any atom is 0.461 e. The minimum absolute atomic E-state index is 0.140. The number of rotatable bonds is 6. The van der Waals surface area contributed by atoms with Gasteiger partial charge in [-0.25, -0.2) is 0 Å². The summed E-state index contributed by atoms with van der Waals surface area (Å²) in [5.41, 5.74) is 0. The van der Waals surface area contributed by atoms with Gasteiger partial charge in [0.25, 0.3) is 0 Å². The van der Waals surface area contributed by atoms with Gasteiger partial charge >= 0.3 is 21.6 Å². The van der Waals surface area contributed by atoms with Gasteiger partial charge in [-0.15, -0.1) is 0 Å². The lowest BCUT2D eigenvalue weighted by Crippen LogP contribution is -2.77. The normalized spacial score (nSPS) is 20.0. The van der Waals surface area contributed by atoms with Gasteiger partial charge in [0.1, 0.15) is 0 Å². The summed E-state index contributed by atoms with van der Waals surface area (Å²) < 4.78 is 23.5. The summed E-state index contributed by atoms with van der Waals surface area (Å²) in [6.45, 7) is 7.93. The van der Waals surface area contributed by atoms with Crippen molar-refractivity contribution in [3.05, 3.63) is 0 Å². The predicted molar refractivity (Wildman–Crippen MR) is 75.4 cm³/mol. The first-order valence-corrected chi connectivity index (χ1v) is 6.59. The van der Waals surface area contributed by atoms with Crippen LogP contribution in [0.5, 0.6) is 0 Å². The van der Waals surface area contributed by atoms with Crippen molar-refractivity contribution >= 4 is 21.6 Å². The fourth-order valence-corrected chi connectivity index (χ4v) is 2.34. The second-order valence-electron chi connectivity index (χ2n) is 4.34. The summed E-state index contributed by atoms with van der Waals surface area (Å²) in [7, 11) is 5.57. The molecule has 0 aliphatic carbocycles. The van der Waals surface area contributed by atoms with E-state index in [4.69, 9.17) is 14.0 Å². The van der Waals surface area contributed by atoms with Crippen molar-refractivity contribution in [1.82, 2.24) is 14.2 Å². The molecule has 0 amide bonds. The molecule has 0 unspecified atom stereocenters. The van der Waals surface area contributed by atoms with Gasteiger partial charge in [0.2, 0.25) is 0 Å². The van der Waals surface area contributed by atoms with E-state index in [2.05, 4.69) is 14.2 Å². The first-order valence-electron chi connectivity index (χ1n) is 6.59.